The Morgan fingerprint density at radius 3 is 2.62 bits per heavy atom. The summed E-state index contributed by atoms with van der Waals surface area (Å²) in [4.78, 5) is 0. The van der Waals surface area contributed by atoms with Gasteiger partial charge in [0.1, 0.15) is 0 Å². The van der Waals surface area contributed by atoms with Gasteiger partial charge in [-0.1, -0.05) is 18.6 Å². The third kappa shape index (κ3) is 4.64. The van der Waals surface area contributed by atoms with Gasteiger partial charge in [-0.25, -0.2) is 0 Å². The number of aliphatic hydroxyl groups is 2. The summed E-state index contributed by atoms with van der Waals surface area (Å²) in [5.74, 6) is 0. The molecule has 0 saturated carbocycles. The zero-order valence-electron chi connectivity index (χ0n) is 10.3. The van der Waals surface area contributed by atoms with Gasteiger partial charge in [0.05, 0.1) is 13.2 Å². The van der Waals surface area contributed by atoms with Crippen LogP contribution in [0.15, 0.2) is 11.6 Å². The van der Waals surface area contributed by atoms with E-state index in [1.807, 2.05) is 6.92 Å². The van der Waals surface area contributed by atoms with Crippen molar-refractivity contribution in [1.29, 1.82) is 0 Å². The van der Waals surface area contributed by atoms with Gasteiger partial charge in [-0.2, -0.15) is 0 Å². The van der Waals surface area contributed by atoms with Gasteiger partial charge in [-0.15, -0.1) is 0 Å². The van der Waals surface area contributed by atoms with Crippen LogP contribution in [0, 0.1) is 5.41 Å². The second kappa shape index (κ2) is 7.05. The minimum atomic E-state index is -0.388. The Labute approximate surface area is 98.6 Å². The number of hydrogen-bond acceptors (Lipinski definition) is 3. The molecule has 0 radical (unpaired) electrons. The summed E-state index contributed by atoms with van der Waals surface area (Å²) >= 11 is 0. The summed E-state index contributed by atoms with van der Waals surface area (Å²) in [6.45, 7) is 3.56. The first-order valence-corrected chi connectivity index (χ1v) is 6.30. The highest BCUT2D eigenvalue weighted by Crippen LogP contribution is 2.19. The predicted octanol–water partition coefficient (Wildman–Crippen LogP) is 1.46. The van der Waals surface area contributed by atoms with Crippen molar-refractivity contribution in [2.75, 3.05) is 26.3 Å². The molecular weight excluding hydrogens is 202 g/mol. The highest BCUT2D eigenvalue weighted by molar-refractivity contribution is 5.05. The minimum Gasteiger partial charge on any atom is -0.396 e. The maximum Gasteiger partial charge on any atom is 0.0518 e. The van der Waals surface area contributed by atoms with E-state index in [1.54, 1.807) is 5.57 Å². The van der Waals surface area contributed by atoms with Crippen molar-refractivity contribution in [1.82, 2.24) is 5.32 Å². The molecule has 1 rings (SSSR count). The zero-order chi connectivity index (χ0) is 11.9. The van der Waals surface area contributed by atoms with Crippen LogP contribution in [0.5, 0.6) is 0 Å². The second-order valence-corrected chi connectivity index (χ2v) is 5.16. The molecule has 0 amide bonds. The van der Waals surface area contributed by atoms with Crippen LogP contribution in [0.25, 0.3) is 0 Å². The zero-order valence-corrected chi connectivity index (χ0v) is 10.3. The van der Waals surface area contributed by atoms with Gasteiger partial charge in [0.2, 0.25) is 0 Å². The fourth-order valence-corrected chi connectivity index (χ4v) is 1.93. The molecule has 1 aliphatic carbocycles. The summed E-state index contributed by atoms with van der Waals surface area (Å²) in [6.07, 6.45) is 8.62. The quantitative estimate of drug-likeness (QED) is 0.456. The predicted molar refractivity (Wildman–Crippen MR) is 66.3 cm³/mol. The average molecular weight is 227 g/mol. The third-order valence-corrected chi connectivity index (χ3v) is 3.32. The first kappa shape index (κ1) is 13.7. The lowest BCUT2D eigenvalue weighted by molar-refractivity contribution is 0.0700. The first-order chi connectivity index (χ1) is 7.70. The summed E-state index contributed by atoms with van der Waals surface area (Å²) in [5.41, 5.74) is 1.18. The number of hydrogen-bond donors (Lipinski definition) is 3. The van der Waals surface area contributed by atoms with Crippen LogP contribution in [0.3, 0.4) is 0 Å². The molecule has 0 aromatic heterocycles. The maximum atomic E-state index is 9.12. The largest absolute Gasteiger partial charge is 0.396 e. The Morgan fingerprint density at radius 1 is 1.31 bits per heavy atom. The van der Waals surface area contributed by atoms with Crippen molar-refractivity contribution in [3.63, 3.8) is 0 Å². The highest BCUT2D eigenvalue weighted by Gasteiger charge is 2.21. The normalized spacial score (nSPS) is 17.3. The number of aliphatic hydroxyl groups excluding tert-OH is 2. The molecule has 1 aliphatic rings. The van der Waals surface area contributed by atoms with Gasteiger partial charge in [0, 0.05) is 12.0 Å². The lowest BCUT2D eigenvalue weighted by Gasteiger charge is -2.25. The number of rotatable bonds is 7. The molecule has 3 nitrogen and oxygen atoms in total. The molecule has 94 valence electrons. The van der Waals surface area contributed by atoms with Crippen LogP contribution < -0.4 is 5.32 Å². The van der Waals surface area contributed by atoms with E-state index in [0.29, 0.717) is 6.54 Å². The summed E-state index contributed by atoms with van der Waals surface area (Å²) < 4.78 is 0. The standard InChI is InChI=1S/C13H25NO2/c1-13(10-15,11-16)9-14-8-7-12-5-3-2-4-6-12/h5,14-16H,2-4,6-11H2,1H3. The summed E-state index contributed by atoms with van der Waals surface area (Å²) in [7, 11) is 0. The summed E-state index contributed by atoms with van der Waals surface area (Å²) in [5, 5.41) is 21.6. The van der Waals surface area contributed by atoms with E-state index in [9.17, 15) is 0 Å². The number of nitrogens with one attached hydrogen (secondary N) is 1. The Morgan fingerprint density at radius 2 is 2.06 bits per heavy atom. The molecule has 0 saturated heterocycles. The van der Waals surface area contributed by atoms with Gasteiger partial charge >= 0.3 is 0 Å². The molecule has 0 bridgehead atoms. The number of allylic oxidation sites excluding steroid dienone is 1. The Kier molecular flexibility index (Phi) is 6.03. The lowest BCUT2D eigenvalue weighted by atomic mass is 9.93. The van der Waals surface area contributed by atoms with Crippen molar-refractivity contribution in [3.05, 3.63) is 11.6 Å². The van der Waals surface area contributed by atoms with E-state index in [1.165, 1.54) is 25.7 Å². The fraction of sp³-hybridized carbons (Fsp3) is 0.846. The van der Waals surface area contributed by atoms with Gasteiger partial charge in [-0.05, 0) is 38.6 Å². The van der Waals surface area contributed by atoms with Crippen molar-refractivity contribution in [2.45, 2.75) is 39.0 Å². The van der Waals surface area contributed by atoms with Gasteiger partial charge in [0.25, 0.3) is 0 Å². The molecule has 0 aliphatic heterocycles. The Bertz CT molecular complexity index is 222. The van der Waals surface area contributed by atoms with Crippen molar-refractivity contribution >= 4 is 0 Å². The van der Waals surface area contributed by atoms with E-state index < -0.39 is 0 Å². The smallest absolute Gasteiger partial charge is 0.0518 e. The van der Waals surface area contributed by atoms with Crippen LogP contribution >= 0.6 is 0 Å². The molecule has 0 atom stereocenters. The molecule has 0 spiro atoms. The lowest BCUT2D eigenvalue weighted by Crippen LogP contribution is -2.38. The van der Waals surface area contributed by atoms with Gasteiger partial charge in [-0.3, -0.25) is 0 Å². The maximum absolute atomic E-state index is 9.12. The van der Waals surface area contributed by atoms with Crippen LogP contribution in [-0.2, 0) is 0 Å². The monoisotopic (exact) mass is 227 g/mol. The van der Waals surface area contributed by atoms with Crippen LogP contribution in [0.2, 0.25) is 0 Å². The molecule has 0 fully saturated rings. The van der Waals surface area contributed by atoms with E-state index in [0.717, 1.165) is 13.0 Å². The molecule has 3 N–H and O–H groups in total. The first-order valence-electron chi connectivity index (χ1n) is 6.30. The fourth-order valence-electron chi connectivity index (χ4n) is 1.93. The van der Waals surface area contributed by atoms with Crippen molar-refractivity contribution in [2.24, 2.45) is 5.41 Å². The highest BCUT2D eigenvalue weighted by atomic mass is 16.3. The molecule has 0 aromatic rings. The van der Waals surface area contributed by atoms with Crippen LogP contribution in [0.1, 0.15) is 39.0 Å². The molecular formula is C13H25NO2. The van der Waals surface area contributed by atoms with Crippen LogP contribution in [0.4, 0.5) is 0 Å². The van der Waals surface area contributed by atoms with Crippen molar-refractivity contribution < 1.29 is 10.2 Å². The molecule has 3 heteroatoms. The SMILES string of the molecule is CC(CO)(CO)CNCCC1=CCCCC1. The average Bonchev–Trinajstić information content (AvgIpc) is 2.36. The van der Waals surface area contributed by atoms with Gasteiger partial charge < -0.3 is 15.5 Å². The van der Waals surface area contributed by atoms with E-state index >= 15 is 0 Å². The van der Waals surface area contributed by atoms with E-state index in [4.69, 9.17) is 10.2 Å². The van der Waals surface area contributed by atoms with Gasteiger partial charge in [0.15, 0.2) is 0 Å². The molecule has 0 unspecified atom stereocenters. The second-order valence-electron chi connectivity index (χ2n) is 5.16. The molecule has 0 heterocycles. The molecule has 0 aromatic carbocycles. The van der Waals surface area contributed by atoms with Crippen LogP contribution in [-0.4, -0.2) is 36.5 Å². The van der Waals surface area contributed by atoms with E-state index in [2.05, 4.69) is 11.4 Å². The Hall–Kier alpha value is -0.380. The Balaban J connectivity index is 2.13. The van der Waals surface area contributed by atoms with Crippen molar-refractivity contribution in [3.8, 4) is 0 Å². The minimum absolute atomic E-state index is 0.0270. The van der Waals surface area contributed by atoms with E-state index in [-0.39, 0.29) is 18.6 Å². The summed E-state index contributed by atoms with van der Waals surface area (Å²) in [6, 6.07) is 0. The molecule has 16 heavy (non-hydrogen) atoms. The third-order valence-electron chi connectivity index (χ3n) is 3.32. The topological polar surface area (TPSA) is 52.5 Å².